The third kappa shape index (κ3) is 11.3. The van der Waals surface area contributed by atoms with Gasteiger partial charge in [0.25, 0.3) is 0 Å². The minimum absolute atomic E-state index is 0. The molecule has 0 bridgehead atoms. The molecular weight excluding hydrogens is 146 g/mol. The van der Waals surface area contributed by atoms with Crippen molar-refractivity contribution in [2.45, 2.75) is 0 Å². The number of hydrogen-bond donors (Lipinski definition) is 0. The summed E-state index contributed by atoms with van der Waals surface area (Å²) in [5.41, 5.74) is 0. The monoisotopic (exact) mass is 148 g/mol. The van der Waals surface area contributed by atoms with E-state index in [9.17, 15) is 0 Å². The Balaban J connectivity index is 0. The van der Waals surface area contributed by atoms with E-state index in [0.29, 0.717) is 0 Å². The van der Waals surface area contributed by atoms with E-state index in [2.05, 4.69) is 20.2 Å². The van der Waals surface area contributed by atoms with Gasteiger partial charge < -0.3 is 7.43 Å². The zero-order valence-electron chi connectivity index (χ0n) is 2.06. The summed E-state index contributed by atoms with van der Waals surface area (Å²) in [6.07, 6.45) is 0. The van der Waals surface area contributed by atoms with Gasteiger partial charge in [-0.2, -0.15) is 0 Å². The summed E-state index contributed by atoms with van der Waals surface area (Å²) >= 11 is 0.757. The van der Waals surface area contributed by atoms with Crippen molar-refractivity contribution in [3.8, 4) is 0 Å². The molecule has 0 atom stereocenters. The molecule has 0 aromatic carbocycles. The zero-order chi connectivity index (χ0) is 2.71. The van der Waals surface area contributed by atoms with Crippen molar-refractivity contribution in [2.24, 2.45) is 0 Å². The van der Waals surface area contributed by atoms with Crippen molar-refractivity contribution in [2.75, 3.05) is 0 Å². The van der Waals surface area contributed by atoms with Crippen LogP contribution < -0.4 is 0 Å². The molecule has 33 valence electrons. The third-order valence-corrected chi connectivity index (χ3v) is 0. The van der Waals surface area contributed by atoms with E-state index in [0.717, 1.165) is 13.1 Å². The fourth-order valence-electron chi connectivity index (χ4n) is 0. The van der Waals surface area contributed by atoms with E-state index in [1.807, 2.05) is 0 Å². The topological polar surface area (TPSA) is 0 Å². The molecule has 3 heteroatoms. The molecule has 0 saturated heterocycles. The van der Waals surface area contributed by atoms with Crippen molar-refractivity contribution in [3.05, 3.63) is 7.43 Å². The van der Waals surface area contributed by atoms with Crippen LogP contribution in [0.3, 0.4) is 0 Å². The van der Waals surface area contributed by atoms with Crippen LogP contribution in [0.1, 0.15) is 0 Å². The predicted molar refractivity (Wildman–Crippen MR) is 18.1 cm³/mol. The minimum atomic E-state index is 0. The molecule has 0 unspecified atom stereocenters. The summed E-state index contributed by atoms with van der Waals surface area (Å²) in [6, 6.07) is 0. The molecule has 0 aliphatic rings. The standard InChI is InChI=1S/CH3.2ClH.Cu/h1H3;2*1H;/q-1;;;+2/p-2. The Morgan fingerprint density at radius 2 is 1.25 bits per heavy atom. The Morgan fingerprint density at radius 3 is 1.25 bits per heavy atom. The Hall–Kier alpha value is 1.10. The van der Waals surface area contributed by atoms with Gasteiger partial charge in [-0.15, -0.1) is 0 Å². The van der Waals surface area contributed by atoms with Gasteiger partial charge in [-0.05, 0) is 0 Å². The SMILES string of the molecule is [CH3-].[Cl][Cu][Cl]. The van der Waals surface area contributed by atoms with E-state index in [1.54, 1.807) is 0 Å². The second kappa shape index (κ2) is 8.93. The van der Waals surface area contributed by atoms with Crippen molar-refractivity contribution in [1.82, 2.24) is 0 Å². The van der Waals surface area contributed by atoms with Gasteiger partial charge in [0.15, 0.2) is 0 Å². The van der Waals surface area contributed by atoms with Gasteiger partial charge >= 0.3 is 33.3 Å². The molecule has 0 aliphatic heterocycles. The normalized spacial score (nSPS) is 5.50. The van der Waals surface area contributed by atoms with E-state index < -0.39 is 0 Å². The fourth-order valence-corrected chi connectivity index (χ4v) is 0. The first-order chi connectivity index (χ1) is 1.41. The maximum atomic E-state index is 4.67. The van der Waals surface area contributed by atoms with Crippen LogP contribution in [0.25, 0.3) is 0 Å². The molecule has 0 aliphatic carbocycles. The first kappa shape index (κ1) is 8.92. The zero-order valence-corrected chi connectivity index (χ0v) is 4.51. The van der Waals surface area contributed by atoms with Crippen molar-refractivity contribution in [1.29, 1.82) is 0 Å². The average Bonchev–Trinajstić information content (AvgIpc) is 0.918. The van der Waals surface area contributed by atoms with Crippen LogP contribution in [-0.2, 0) is 13.1 Å². The summed E-state index contributed by atoms with van der Waals surface area (Å²) in [6.45, 7) is 0. The molecule has 0 fully saturated rings. The third-order valence-electron chi connectivity index (χ3n) is 0. The van der Waals surface area contributed by atoms with Gasteiger partial charge in [0.2, 0.25) is 0 Å². The van der Waals surface area contributed by atoms with Gasteiger partial charge in [-0.3, -0.25) is 0 Å². The van der Waals surface area contributed by atoms with E-state index in [-0.39, 0.29) is 7.43 Å². The summed E-state index contributed by atoms with van der Waals surface area (Å²) in [7, 11) is 9.34. The molecular formula is CH3Cl2Cu-. The van der Waals surface area contributed by atoms with Crippen LogP contribution in [0.5, 0.6) is 0 Å². The Labute approximate surface area is 41.1 Å². The molecule has 0 heterocycles. The van der Waals surface area contributed by atoms with Crippen LogP contribution in [0.15, 0.2) is 0 Å². The molecule has 0 aromatic rings. The quantitative estimate of drug-likeness (QED) is 0.364. The first-order valence-electron chi connectivity index (χ1n) is 0.228. The number of halogens is 2. The first-order valence-corrected chi connectivity index (χ1v) is 2.82. The second-order valence-corrected chi connectivity index (χ2v) is 1.60. The molecule has 0 saturated carbocycles. The molecule has 0 radical (unpaired) electrons. The van der Waals surface area contributed by atoms with Crippen LogP contribution in [0.2, 0.25) is 0 Å². The van der Waals surface area contributed by atoms with Gasteiger partial charge in [0.1, 0.15) is 0 Å². The maximum absolute atomic E-state index is 4.67. The molecule has 0 spiro atoms. The Morgan fingerprint density at radius 1 is 1.25 bits per heavy atom. The van der Waals surface area contributed by atoms with E-state index >= 15 is 0 Å². The Bertz CT molecular complexity index is 6.00. The van der Waals surface area contributed by atoms with Gasteiger partial charge in [0.05, 0.1) is 0 Å². The molecule has 0 nitrogen and oxygen atoms in total. The van der Waals surface area contributed by atoms with Crippen LogP contribution in [0, 0.1) is 7.43 Å². The molecule has 4 heavy (non-hydrogen) atoms. The molecule has 0 N–H and O–H groups in total. The summed E-state index contributed by atoms with van der Waals surface area (Å²) in [4.78, 5) is 0. The molecule has 0 amide bonds. The van der Waals surface area contributed by atoms with Crippen LogP contribution in [0.4, 0.5) is 0 Å². The predicted octanol–water partition coefficient (Wildman–Crippen LogP) is 1.83. The number of hydrogen-bond acceptors (Lipinski definition) is 0. The summed E-state index contributed by atoms with van der Waals surface area (Å²) < 4.78 is 0. The summed E-state index contributed by atoms with van der Waals surface area (Å²) in [5, 5.41) is 0. The molecule has 0 rings (SSSR count). The van der Waals surface area contributed by atoms with Gasteiger partial charge in [-0.1, -0.05) is 0 Å². The number of rotatable bonds is 0. The van der Waals surface area contributed by atoms with Gasteiger partial charge in [0, 0.05) is 0 Å². The summed E-state index contributed by atoms with van der Waals surface area (Å²) in [5.74, 6) is 0. The average molecular weight is 149 g/mol. The Kier molecular flexibility index (Phi) is 19.9. The van der Waals surface area contributed by atoms with Crippen molar-refractivity contribution >= 4 is 20.2 Å². The van der Waals surface area contributed by atoms with E-state index in [1.165, 1.54) is 0 Å². The van der Waals surface area contributed by atoms with Gasteiger partial charge in [-0.25, -0.2) is 0 Å². The molecule has 0 aromatic heterocycles. The fraction of sp³-hybridized carbons (Fsp3) is 0. The van der Waals surface area contributed by atoms with Crippen molar-refractivity contribution < 1.29 is 13.1 Å². The van der Waals surface area contributed by atoms with Crippen LogP contribution in [-0.4, -0.2) is 0 Å². The van der Waals surface area contributed by atoms with Crippen molar-refractivity contribution in [3.63, 3.8) is 0 Å². The second-order valence-electron chi connectivity index (χ2n) is 0.0431. The van der Waals surface area contributed by atoms with Crippen LogP contribution >= 0.6 is 20.2 Å². The van der Waals surface area contributed by atoms with E-state index in [4.69, 9.17) is 0 Å².